The Hall–Kier alpha value is -0.300. The summed E-state index contributed by atoms with van der Waals surface area (Å²) in [6.45, 7) is 0.725. The number of anilines is 2. The van der Waals surface area contributed by atoms with Crippen LogP contribution in [0.1, 0.15) is 0 Å². The van der Waals surface area contributed by atoms with E-state index in [0.29, 0.717) is 5.75 Å². The standard InChI is InChI=1S/C9H13IN2OS/c1-14(13)5-4-12-9-3-2-7(11)6-8(9)10/h2-3,6,12H,4-5,11H2,1H3. The van der Waals surface area contributed by atoms with Crippen molar-refractivity contribution in [3.63, 3.8) is 0 Å². The fraction of sp³-hybridized carbons (Fsp3) is 0.333. The van der Waals surface area contributed by atoms with Crippen LogP contribution in [0.4, 0.5) is 11.4 Å². The average Bonchev–Trinajstić information content (AvgIpc) is 2.08. The van der Waals surface area contributed by atoms with Crippen LogP contribution in [0.15, 0.2) is 18.2 Å². The Balaban J connectivity index is 2.55. The summed E-state index contributed by atoms with van der Waals surface area (Å²) < 4.78 is 11.9. The van der Waals surface area contributed by atoms with Crippen molar-refractivity contribution < 1.29 is 4.21 Å². The third kappa shape index (κ3) is 3.83. The molecule has 1 atom stereocenters. The number of nitrogens with one attached hydrogen (secondary N) is 1. The Bertz CT molecular complexity index is 344. The predicted molar refractivity (Wildman–Crippen MR) is 71.0 cm³/mol. The van der Waals surface area contributed by atoms with Gasteiger partial charge in [0.2, 0.25) is 0 Å². The lowest BCUT2D eigenvalue weighted by atomic mass is 10.3. The molecule has 0 aromatic heterocycles. The van der Waals surface area contributed by atoms with Crippen LogP contribution in [0.5, 0.6) is 0 Å². The third-order valence-corrected chi connectivity index (χ3v) is 3.37. The van der Waals surface area contributed by atoms with E-state index in [-0.39, 0.29) is 0 Å². The lowest BCUT2D eigenvalue weighted by Gasteiger charge is -2.07. The van der Waals surface area contributed by atoms with E-state index in [9.17, 15) is 4.21 Å². The van der Waals surface area contributed by atoms with Crippen LogP contribution >= 0.6 is 22.6 Å². The van der Waals surface area contributed by atoms with E-state index >= 15 is 0 Å². The molecule has 3 nitrogen and oxygen atoms in total. The topological polar surface area (TPSA) is 55.1 Å². The van der Waals surface area contributed by atoms with Crippen molar-refractivity contribution in [2.75, 3.05) is 29.6 Å². The molecular formula is C9H13IN2OS. The maximum atomic E-state index is 10.8. The van der Waals surface area contributed by atoms with Crippen molar-refractivity contribution in [1.82, 2.24) is 0 Å². The highest BCUT2D eigenvalue weighted by molar-refractivity contribution is 14.1. The number of hydrogen-bond donors (Lipinski definition) is 2. The smallest absolute Gasteiger partial charge is 0.0477 e. The molecule has 0 aliphatic rings. The van der Waals surface area contributed by atoms with Crippen molar-refractivity contribution in [2.45, 2.75) is 0 Å². The molecule has 0 saturated heterocycles. The monoisotopic (exact) mass is 324 g/mol. The number of nitrogens with two attached hydrogens (primary N) is 1. The molecular weight excluding hydrogens is 311 g/mol. The summed E-state index contributed by atoms with van der Waals surface area (Å²) in [6.07, 6.45) is 1.70. The second kappa shape index (κ2) is 5.55. The lowest BCUT2D eigenvalue weighted by molar-refractivity contribution is 0.687. The zero-order valence-electron chi connectivity index (χ0n) is 7.92. The van der Waals surface area contributed by atoms with E-state index in [0.717, 1.165) is 21.5 Å². The van der Waals surface area contributed by atoms with Crippen LogP contribution < -0.4 is 11.1 Å². The third-order valence-electron chi connectivity index (χ3n) is 1.70. The molecule has 0 aliphatic heterocycles. The van der Waals surface area contributed by atoms with E-state index < -0.39 is 10.8 Å². The van der Waals surface area contributed by atoms with Crippen molar-refractivity contribution in [3.8, 4) is 0 Å². The fourth-order valence-corrected chi connectivity index (χ4v) is 2.12. The number of nitrogen functional groups attached to an aromatic ring is 1. The molecule has 1 unspecified atom stereocenters. The van der Waals surface area contributed by atoms with Gasteiger partial charge in [-0.05, 0) is 40.8 Å². The molecule has 0 heterocycles. The fourth-order valence-electron chi connectivity index (χ4n) is 1.00. The van der Waals surface area contributed by atoms with Gasteiger partial charge in [0.1, 0.15) is 0 Å². The first-order valence-corrected chi connectivity index (χ1v) is 6.99. The average molecular weight is 324 g/mol. The normalized spacial score (nSPS) is 12.4. The Morgan fingerprint density at radius 2 is 2.29 bits per heavy atom. The summed E-state index contributed by atoms with van der Waals surface area (Å²) in [5.41, 5.74) is 7.43. The van der Waals surface area contributed by atoms with Crippen molar-refractivity contribution in [2.24, 2.45) is 0 Å². The van der Waals surface area contributed by atoms with Crippen LogP contribution in [0.25, 0.3) is 0 Å². The zero-order chi connectivity index (χ0) is 10.6. The van der Waals surface area contributed by atoms with Gasteiger partial charge in [-0.15, -0.1) is 0 Å². The lowest BCUT2D eigenvalue weighted by Crippen LogP contribution is -2.10. The van der Waals surface area contributed by atoms with Gasteiger partial charge in [-0.1, -0.05) is 0 Å². The molecule has 0 saturated carbocycles. The van der Waals surface area contributed by atoms with Gasteiger partial charge in [0.05, 0.1) is 0 Å². The van der Waals surface area contributed by atoms with E-state index in [4.69, 9.17) is 5.73 Å². The molecule has 3 N–H and O–H groups in total. The number of halogens is 1. The second-order valence-electron chi connectivity index (χ2n) is 2.94. The quantitative estimate of drug-likeness (QED) is 0.654. The highest BCUT2D eigenvalue weighted by Crippen LogP contribution is 2.20. The van der Waals surface area contributed by atoms with Crippen molar-refractivity contribution in [1.29, 1.82) is 0 Å². The summed E-state index contributed by atoms with van der Waals surface area (Å²) in [4.78, 5) is 0. The molecule has 0 bridgehead atoms. The van der Waals surface area contributed by atoms with Gasteiger partial charge in [-0.25, -0.2) is 0 Å². The maximum absolute atomic E-state index is 10.8. The minimum atomic E-state index is -0.740. The maximum Gasteiger partial charge on any atom is 0.0477 e. The molecule has 1 aromatic rings. The molecule has 0 aliphatic carbocycles. The Morgan fingerprint density at radius 1 is 1.57 bits per heavy atom. The van der Waals surface area contributed by atoms with Gasteiger partial charge >= 0.3 is 0 Å². The van der Waals surface area contributed by atoms with Gasteiger partial charge in [-0.3, -0.25) is 4.21 Å². The van der Waals surface area contributed by atoms with Gasteiger partial charge in [0, 0.05) is 44.3 Å². The summed E-state index contributed by atoms with van der Waals surface area (Å²) in [5, 5.41) is 3.22. The minimum absolute atomic E-state index is 0.667. The van der Waals surface area contributed by atoms with Crippen LogP contribution in [0, 0.1) is 3.57 Å². The van der Waals surface area contributed by atoms with Gasteiger partial charge in [-0.2, -0.15) is 0 Å². The first kappa shape index (κ1) is 11.8. The van der Waals surface area contributed by atoms with Crippen LogP contribution in [-0.4, -0.2) is 22.8 Å². The molecule has 0 spiro atoms. The molecule has 5 heteroatoms. The van der Waals surface area contributed by atoms with Gasteiger partial charge in [0.15, 0.2) is 0 Å². The summed E-state index contributed by atoms with van der Waals surface area (Å²) in [5.74, 6) is 0.667. The summed E-state index contributed by atoms with van der Waals surface area (Å²) in [7, 11) is -0.740. The van der Waals surface area contributed by atoms with E-state index in [1.165, 1.54) is 0 Å². The van der Waals surface area contributed by atoms with Crippen molar-refractivity contribution >= 4 is 44.8 Å². The summed E-state index contributed by atoms with van der Waals surface area (Å²) in [6, 6.07) is 5.70. The predicted octanol–water partition coefficient (Wildman–Crippen LogP) is 1.66. The van der Waals surface area contributed by atoms with Crippen LogP contribution in [0.3, 0.4) is 0 Å². The van der Waals surface area contributed by atoms with E-state index in [2.05, 4.69) is 27.9 Å². The SMILES string of the molecule is CS(=O)CCNc1ccc(N)cc1I. The molecule has 0 amide bonds. The Labute approximate surface area is 100 Å². The van der Waals surface area contributed by atoms with E-state index in [1.54, 1.807) is 6.26 Å². The molecule has 0 fully saturated rings. The molecule has 78 valence electrons. The molecule has 1 rings (SSSR count). The van der Waals surface area contributed by atoms with Gasteiger partial charge in [0.25, 0.3) is 0 Å². The highest BCUT2D eigenvalue weighted by atomic mass is 127. The molecule has 14 heavy (non-hydrogen) atoms. The molecule has 1 aromatic carbocycles. The van der Waals surface area contributed by atoms with Crippen LogP contribution in [-0.2, 0) is 10.8 Å². The van der Waals surface area contributed by atoms with E-state index in [1.807, 2.05) is 18.2 Å². The second-order valence-corrected chi connectivity index (χ2v) is 5.66. The van der Waals surface area contributed by atoms with Crippen molar-refractivity contribution in [3.05, 3.63) is 21.8 Å². The van der Waals surface area contributed by atoms with Gasteiger partial charge < -0.3 is 11.1 Å². The number of benzene rings is 1. The minimum Gasteiger partial charge on any atom is -0.399 e. The first-order valence-electron chi connectivity index (χ1n) is 4.18. The zero-order valence-corrected chi connectivity index (χ0v) is 10.9. The number of hydrogen-bond acceptors (Lipinski definition) is 3. The Morgan fingerprint density at radius 3 is 2.86 bits per heavy atom. The largest absolute Gasteiger partial charge is 0.399 e. The first-order chi connectivity index (χ1) is 6.59. The Kier molecular flexibility index (Phi) is 4.67. The van der Waals surface area contributed by atoms with Crippen LogP contribution in [0.2, 0.25) is 0 Å². The number of rotatable bonds is 4. The summed E-state index contributed by atoms with van der Waals surface area (Å²) >= 11 is 2.22. The highest BCUT2D eigenvalue weighted by Gasteiger charge is 1.99. The molecule has 0 radical (unpaired) electrons.